The molecule has 2 N–H and O–H groups in total. The largest absolute Gasteiger partial charge is 0.349 e. The maximum Gasteiger partial charge on any atom is 0.288 e. The van der Waals surface area contributed by atoms with E-state index in [9.17, 15) is 4.79 Å². The molecule has 0 spiro atoms. The molecule has 6 nitrogen and oxygen atoms in total. The molecule has 2 rings (SSSR count). The van der Waals surface area contributed by atoms with Crippen molar-refractivity contribution in [1.82, 2.24) is 25.4 Å². The number of aromatic amines is 1. The lowest BCUT2D eigenvalue weighted by Gasteiger charge is -2.13. The van der Waals surface area contributed by atoms with Gasteiger partial charge in [0.1, 0.15) is 6.33 Å². The van der Waals surface area contributed by atoms with Gasteiger partial charge in [-0.3, -0.25) is 9.89 Å². The number of hydrogen-bond donors (Lipinski definition) is 2. The standard InChI is InChI=1S/C10H17N5O/c16-10(9-12-8-13-14-9)11-4-3-7-15-5-1-2-6-15/h8H,1-7H2,(H,11,16)(H,12,13,14). The van der Waals surface area contributed by atoms with Crippen LogP contribution in [0.2, 0.25) is 0 Å². The van der Waals surface area contributed by atoms with Crippen LogP contribution in [0.25, 0.3) is 0 Å². The Kier molecular flexibility index (Phi) is 3.87. The normalized spacial score (nSPS) is 16.5. The van der Waals surface area contributed by atoms with E-state index >= 15 is 0 Å². The zero-order valence-corrected chi connectivity index (χ0v) is 9.28. The highest BCUT2D eigenvalue weighted by Crippen LogP contribution is 2.06. The molecule has 0 bridgehead atoms. The first-order chi connectivity index (χ1) is 7.86. The molecule has 0 aliphatic carbocycles. The molecular weight excluding hydrogens is 206 g/mol. The minimum atomic E-state index is -0.182. The maximum atomic E-state index is 11.4. The molecular formula is C10H17N5O. The molecule has 0 saturated carbocycles. The smallest absolute Gasteiger partial charge is 0.288 e. The minimum absolute atomic E-state index is 0.182. The fourth-order valence-electron chi connectivity index (χ4n) is 1.91. The molecule has 0 aromatic carbocycles. The number of carbonyl (C=O) groups is 1. The molecule has 1 fully saturated rings. The second kappa shape index (κ2) is 5.60. The van der Waals surface area contributed by atoms with Crippen molar-refractivity contribution in [2.45, 2.75) is 19.3 Å². The molecule has 1 aliphatic heterocycles. The average molecular weight is 223 g/mol. The molecule has 6 heteroatoms. The van der Waals surface area contributed by atoms with Crippen molar-refractivity contribution in [3.63, 3.8) is 0 Å². The van der Waals surface area contributed by atoms with Gasteiger partial charge in [-0.15, -0.1) is 0 Å². The van der Waals surface area contributed by atoms with Gasteiger partial charge >= 0.3 is 0 Å². The molecule has 1 aromatic heterocycles. The van der Waals surface area contributed by atoms with Crippen LogP contribution >= 0.6 is 0 Å². The Morgan fingerprint density at radius 1 is 1.50 bits per heavy atom. The summed E-state index contributed by atoms with van der Waals surface area (Å²) >= 11 is 0. The summed E-state index contributed by atoms with van der Waals surface area (Å²) in [6.07, 6.45) is 4.94. The van der Waals surface area contributed by atoms with Gasteiger partial charge in [-0.1, -0.05) is 0 Å². The quantitative estimate of drug-likeness (QED) is 0.690. The maximum absolute atomic E-state index is 11.4. The molecule has 1 aliphatic rings. The summed E-state index contributed by atoms with van der Waals surface area (Å²) in [4.78, 5) is 17.7. The molecule has 0 atom stereocenters. The average Bonchev–Trinajstić information content (AvgIpc) is 2.96. The highest BCUT2D eigenvalue weighted by atomic mass is 16.2. The SMILES string of the molecule is O=C(NCCCN1CCCC1)c1ncn[nH]1. The van der Waals surface area contributed by atoms with Gasteiger partial charge in [-0.05, 0) is 38.9 Å². The Balaban J connectivity index is 1.59. The number of H-pyrrole nitrogens is 1. The van der Waals surface area contributed by atoms with Crippen molar-refractivity contribution in [2.24, 2.45) is 0 Å². The van der Waals surface area contributed by atoms with E-state index in [-0.39, 0.29) is 11.7 Å². The summed E-state index contributed by atoms with van der Waals surface area (Å²) in [7, 11) is 0. The summed E-state index contributed by atoms with van der Waals surface area (Å²) in [6.45, 7) is 4.17. The Bertz CT molecular complexity index is 318. The van der Waals surface area contributed by atoms with Gasteiger partial charge in [0, 0.05) is 6.54 Å². The second-order valence-corrected chi connectivity index (χ2v) is 3.99. The minimum Gasteiger partial charge on any atom is -0.349 e. The zero-order chi connectivity index (χ0) is 11.2. The number of nitrogens with zero attached hydrogens (tertiary/aromatic N) is 3. The van der Waals surface area contributed by atoms with Crippen LogP contribution in [-0.4, -0.2) is 52.2 Å². The van der Waals surface area contributed by atoms with E-state index in [0.29, 0.717) is 6.54 Å². The molecule has 1 amide bonds. The van der Waals surface area contributed by atoms with Crippen LogP contribution in [0.15, 0.2) is 6.33 Å². The molecule has 2 heterocycles. The van der Waals surface area contributed by atoms with E-state index < -0.39 is 0 Å². The van der Waals surface area contributed by atoms with E-state index in [1.807, 2.05) is 0 Å². The summed E-state index contributed by atoms with van der Waals surface area (Å²) < 4.78 is 0. The lowest BCUT2D eigenvalue weighted by atomic mass is 10.4. The van der Waals surface area contributed by atoms with E-state index in [4.69, 9.17) is 0 Å². The van der Waals surface area contributed by atoms with Gasteiger partial charge in [0.15, 0.2) is 0 Å². The van der Waals surface area contributed by atoms with Crippen molar-refractivity contribution in [3.05, 3.63) is 12.2 Å². The molecule has 1 saturated heterocycles. The van der Waals surface area contributed by atoms with Gasteiger partial charge < -0.3 is 10.2 Å². The Morgan fingerprint density at radius 3 is 3.00 bits per heavy atom. The Morgan fingerprint density at radius 2 is 2.31 bits per heavy atom. The third kappa shape index (κ3) is 3.03. The van der Waals surface area contributed by atoms with Crippen LogP contribution < -0.4 is 5.32 Å². The van der Waals surface area contributed by atoms with Crippen LogP contribution in [0.1, 0.15) is 29.9 Å². The Labute approximate surface area is 94.4 Å². The highest BCUT2D eigenvalue weighted by Gasteiger charge is 2.11. The molecule has 16 heavy (non-hydrogen) atoms. The number of likely N-dealkylation sites (tertiary alicyclic amines) is 1. The first kappa shape index (κ1) is 11.1. The number of hydrogen-bond acceptors (Lipinski definition) is 4. The van der Waals surface area contributed by atoms with Gasteiger partial charge in [-0.25, -0.2) is 4.98 Å². The van der Waals surface area contributed by atoms with E-state index in [1.54, 1.807) is 0 Å². The lowest BCUT2D eigenvalue weighted by Crippen LogP contribution is -2.29. The third-order valence-electron chi connectivity index (χ3n) is 2.77. The van der Waals surface area contributed by atoms with Crippen LogP contribution in [0.5, 0.6) is 0 Å². The number of aromatic nitrogens is 3. The monoisotopic (exact) mass is 223 g/mol. The predicted octanol–water partition coefficient (Wildman–Crippen LogP) is 0.0204. The van der Waals surface area contributed by atoms with Gasteiger partial charge in [0.25, 0.3) is 5.91 Å². The van der Waals surface area contributed by atoms with Crippen LogP contribution in [0.3, 0.4) is 0 Å². The number of rotatable bonds is 5. The lowest BCUT2D eigenvalue weighted by molar-refractivity contribution is 0.0942. The molecule has 0 radical (unpaired) electrons. The van der Waals surface area contributed by atoms with E-state index in [0.717, 1.165) is 13.0 Å². The first-order valence-corrected chi connectivity index (χ1v) is 5.72. The van der Waals surface area contributed by atoms with Crippen molar-refractivity contribution < 1.29 is 4.79 Å². The summed E-state index contributed by atoms with van der Waals surface area (Å²) in [5, 5.41) is 8.97. The van der Waals surface area contributed by atoms with Crippen molar-refractivity contribution in [3.8, 4) is 0 Å². The van der Waals surface area contributed by atoms with E-state index in [1.165, 1.54) is 32.3 Å². The van der Waals surface area contributed by atoms with Crippen molar-refractivity contribution in [1.29, 1.82) is 0 Å². The number of carbonyl (C=O) groups excluding carboxylic acids is 1. The first-order valence-electron chi connectivity index (χ1n) is 5.72. The molecule has 88 valence electrons. The fraction of sp³-hybridized carbons (Fsp3) is 0.700. The van der Waals surface area contributed by atoms with Crippen molar-refractivity contribution in [2.75, 3.05) is 26.2 Å². The number of amides is 1. The summed E-state index contributed by atoms with van der Waals surface area (Å²) in [6, 6.07) is 0. The molecule has 1 aromatic rings. The fourth-order valence-corrected chi connectivity index (χ4v) is 1.91. The third-order valence-corrected chi connectivity index (χ3v) is 2.77. The van der Waals surface area contributed by atoms with Crippen molar-refractivity contribution >= 4 is 5.91 Å². The second-order valence-electron chi connectivity index (χ2n) is 3.99. The van der Waals surface area contributed by atoms with E-state index in [2.05, 4.69) is 25.4 Å². The molecule has 0 unspecified atom stereocenters. The van der Waals surface area contributed by atoms with Gasteiger partial charge in [0.2, 0.25) is 5.82 Å². The van der Waals surface area contributed by atoms with Crippen LogP contribution in [-0.2, 0) is 0 Å². The predicted molar refractivity (Wildman–Crippen MR) is 59.0 cm³/mol. The van der Waals surface area contributed by atoms with Crippen LogP contribution in [0.4, 0.5) is 0 Å². The highest BCUT2D eigenvalue weighted by molar-refractivity contribution is 5.90. The number of nitrogens with one attached hydrogen (secondary N) is 2. The van der Waals surface area contributed by atoms with Crippen LogP contribution in [0, 0.1) is 0 Å². The van der Waals surface area contributed by atoms with Gasteiger partial charge in [0.05, 0.1) is 0 Å². The van der Waals surface area contributed by atoms with Gasteiger partial charge in [-0.2, -0.15) is 5.10 Å². The topological polar surface area (TPSA) is 73.9 Å². The Hall–Kier alpha value is -1.43. The summed E-state index contributed by atoms with van der Waals surface area (Å²) in [5.41, 5.74) is 0. The zero-order valence-electron chi connectivity index (χ0n) is 9.28. The summed E-state index contributed by atoms with van der Waals surface area (Å²) in [5.74, 6) is 0.0973.